The Morgan fingerprint density at radius 1 is 0.390 bits per heavy atom. The minimum Gasteiger partial charge on any atom is -0.218 e. The number of sulfone groups is 1. The third-order valence-electron chi connectivity index (χ3n) is 8.25. The maximum absolute atomic E-state index is 13.5. The van der Waals surface area contributed by atoms with Crippen LogP contribution in [-0.2, 0) is 9.84 Å². The van der Waals surface area contributed by atoms with Crippen molar-refractivity contribution in [2.45, 2.75) is 9.79 Å². The highest BCUT2D eigenvalue weighted by Crippen LogP contribution is 2.47. The summed E-state index contributed by atoms with van der Waals surface area (Å²) >= 11 is 3.60. The van der Waals surface area contributed by atoms with E-state index in [1.165, 1.54) is 40.3 Å². The van der Waals surface area contributed by atoms with E-state index < -0.39 is 9.84 Å². The van der Waals surface area contributed by atoms with E-state index in [4.69, 9.17) is 0 Å². The molecule has 5 heteroatoms. The van der Waals surface area contributed by atoms with Crippen molar-refractivity contribution in [1.82, 2.24) is 0 Å². The van der Waals surface area contributed by atoms with Crippen LogP contribution >= 0.6 is 22.7 Å². The predicted octanol–water partition coefficient (Wildman–Crippen LogP) is 10.6. The Balaban J connectivity index is 1.20. The molecule has 0 saturated heterocycles. The molecule has 0 bridgehead atoms. The highest BCUT2D eigenvalue weighted by molar-refractivity contribution is 7.92. The maximum Gasteiger partial charge on any atom is 0.207 e. The lowest BCUT2D eigenvalue weighted by molar-refractivity contribution is 0.598. The quantitative estimate of drug-likeness (QED) is 0.204. The van der Waals surface area contributed by atoms with Crippen molar-refractivity contribution in [2.75, 3.05) is 0 Å². The minimum absolute atomic E-state index is 0.384. The third-order valence-corrected chi connectivity index (χ3v) is 12.4. The van der Waals surface area contributed by atoms with Crippen LogP contribution in [0.5, 0.6) is 0 Å². The predicted molar refractivity (Wildman–Crippen MR) is 174 cm³/mol. The molecule has 0 atom stereocenters. The van der Waals surface area contributed by atoms with Crippen LogP contribution < -0.4 is 0 Å². The highest BCUT2D eigenvalue weighted by Gasteiger charge is 2.33. The van der Waals surface area contributed by atoms with Gasteiger partial charge >= 0.3 is 0 Å². The van der Waals surface area contributed by atoms with Crippen LogP contribution in [0.2, 0.25) is 0 Å². The minimum atomic E-state index is -3.57. The smallest absolute Gasteiger partial charge is 0.207 e. The topological polar surface area (TPSA) is 34.1 Å². The first-order valence-corrected chi connectivity index (χ1v) is 16.5. The SMILES string of the molecule is O=S1(=O)c2ccc(-c3ccc4sc5ccccc5c4c3)cc2-c2cc(-c3ccc4sc5ccccc5c4c3)ccc21. The number of thiophene rings is 2. The molecule has 0 saturated carbocycles. The van der Waals surface area contributed by atoms with E-state index in [-0.39, 0.29) is 0 Å². The number of benzene rings is 6. The largest absolute Gasteiger partial charge is 0.218 e. The molecule has 1 aliphatic heterocycles. The highest BCUT2D eigenvalue weighted by atomic mass is 32.2. The summed E-state index contributed by atoms with van der Waals surface area (Å²) in [5.74, 6) is 0. The summed E-state index contributed by atoms with van der Waals surface area (Å²) in [5, 5.41) is 4.97. The summed E-state index contributed by atoms with van der Waals surface area (Å²) in [4.78, 5) is 0.768. The normalized spacial score (nSPS) is 13.8. The first-order chi connectivity index (χ1) is 20.0. The van der Waals surface area contributed by atoms with Gasteiger partial charge in [0.1, 0.15) is 0 Å². The van der Waals surface area contributed by atoms with Gasteiger partial charge in [-0.2, -0.15) is 0 Å². The molecule has 9 rings (SSSR count). The van der Waals surface area contributed by atoms with Crippen molar-refractivity contribution in [3.8, 4) is 33.4 Å². The van der Waals surface area contributed by atoms with Crippen LogP contribution in [0, 0.1) is 0 Å². The summed E-state index contributed by atoms with van der Waals surface area (Å²) in [6, 6.07) is 41.6. The lowest BCUT2D eigenvalue weighted by Gasteiger charge is -2.08. The molecular weight excluding hydrogens is 561 g/mol. The van der Waals surface area contributed by atoms with E-state index >= 15 is 0 Å². The zero-order valence-electron chi connectivity index (χ0n) is 21.6. The number of fused-ring (bicyclic) bond motifs is 9. The van der Waals surface area contributed by atoms with E-state index in [0.29, 0.717) is 9.79 Å². The van der Waals surface area contributed by atoms with Crippen LogP contribution in [0.3, 0.4) is 0 Å². The average Bonchev–Trinajstić information content (AvgIpc) is 3.64. The summed E-state index contributed by atoms with van der Waals surface area (Å²) in [6.45, 7) is 0. The van der Waals surface area contributed by atoms with Gasteiger partial charge in [0.15, 0.2) is 0 Å². The van der Waals surface area contributed by atoms with E-state index in [9.17, 15) is 8.42 Å². The van der Waals surface area contributed by atoms with Gasteiger partial charge in [0.05, 0.1) is 9.79 Å². The molecule has 0 aliphatic carbocycles. The molecular formula is C36H20O2S3. The summed E-state index contributed by atoms with van der Waals surface area (Å²) in [7, 11) is -3.57. The molecule has 8 aromatic rings. The average molecular weight is 581 g/mol. The third kappa shape index (κ3) is 3.37. The van der Waals surface area contributed by atoms with Gasteiger partial charge in [-0.15, -0.1) is 22.7 Å². The fourth-order valence-corrected chi connectivity index (χ4v) is 10.1. The monoisotopic (exact) mass is 580 g/mol. The van der Waals surface area contributed by atoms with E-state index in [1.807, 2.05) is 24.3 Å². The second-order valence-electron chi connectivity index (χ2n) is 10.5. The molecule has 0 spiro atoms. The fraction of sp³-hybridized carbons (Fsp3) is 0. The van der Waals surface area contributed by atoms with E-state index in [1.54, 1.807) is 34.8 Å². The molecule has 3 heterocycles. The molecule has 0 amide bonds. The van der Waals surface area contributed by atoms with Gasteiger partial charge in [0.25, 0.3) is 0 Å². The Hall–Kier alpha value is -4.29. The van der Waals surface area contributed by atoms with Crippen molar-refractivity contribution < 1.29 is 8.42 Å². The molecule has 1 aliphatic rings. The lowest BCUT2D eigenvalue weighted by Crippen LogP contribution is -1.96. The summed E-state index contributed by atoms with van der Waals surface area (Å²) in [6.07, 6.45) is 0. The first kappa shape index (κ1) is 23.4. The Morgan fingerprint density at radius 2 is 0.780 bits per heavy atom. The van der Waals surface area contributed by atoms with Gasteiger partial charge in [-0.25, -0.2) is 8.42 Å². The van der Waals surface area contributed by atoms with Crippen molar-refractivity contribution >= 4 is 72.9 Å². The zero-order valence-corrected chi connectivity index (χ0v) is 24.0. The molecule has 0 unspecified atom stereocenters. The van der Waals surface area contributed by atoms with Gasteiger partial charge in [-0.05, 0) is 82.9 Å². The Kier molecular flexibility index (Phi) is 4.78. The zero-order chi connectivity index (χ0) is 27.3. The van der Waals surface area contributed by atoms with E-state index in [2.05, 4.69) is 84.9 Å². The second kappa shape index (κ2) is 8.37. The van der Waals surface area contributed by atoms with Crippen LogP contribution in [0.15, 0.2) is 131 Å². The molecule has 0 fully saturated rings. The molecule has 6 aromatic carbocycles. The van der Waals surface area contributed by atoms with Gasteiger partial charge in [-0.1, -0.05) is 60.7 Å². The molecule has 0 radical (unpaired) electrons. The van der Waals surface area contributed by atoms with Crippen LogP contribution in [0.25, 0.3) is 73.7 Å². The molecule has 194 valence electrons. The van der Waals surface area contributed by atoms with Gasteiger partial charge < -0.3 is 0 Å². The van der Waals surface area contributed by atoms with Crippen LogP contribution in [-0.4, -0.2) is 8.42 Å². The first-order valence-electron chi connectivity index (χ1n) is 13.4. The van der Waals surface area contributed by atoms with Crippen LogP contribution in [0.1, 0.15) is 0 Å². The Morgan fingerprint density at radius 3 is 1.27 bits per heavy atom. The van der Waals surface area contributed by atoms with Crippen molar-refractivity contribution in [1.29, 1.82) is 0 Å². The number of hydrogen-bond acceptors (Lipinski definition) is 4. The second-order valence-corrected chi connectivity index (χ2v) is 14.6. The van der Waals surface area contributed by atoms with Gasteiger partial charge in [0, 0.05) is 51.5 Å². The maximum atomic E-state index is 13.5. The van der Waals surface area contributed by atoms with Gasteiger partial charge in [-0.3, -0.25) is 0 Å². The Labute approximate surface area is 244 Å². The molecule has 0 N–H and O–H groups in total. The number of hydrogen-bond donors (Lipinski definition) is 0. The Bertz CT molecular complexity index is 2330. The van der Waals surface area contributed by atoms with Gasteiger partial charge in [0.2, 0.25) is 9.84 Å². The van der Waals surface area contributed by atoms with Crippen LogP contribution in [0.4, 0.5) is 0 Å². The molecule has 41 heavy (non-hydrogen) atoms. The summed E-state index contributed by atoms with van der Waals surface area (Å²) in [5.41, 5.74) is 5.75. The lowest BCUT2D eigenvalue weighted by atomic mass is 9.95. The summed E-state index contributed by atoms with van der Waals surface area (Å²) < 4.78 is 32.1. The number of rotatable bonds is 2. The van der Waals surface area contributed by atoms with Crippen molar-refractivity contribution in [2.24, 2.45) is 0 Å². The van der Waals surface area contributed by atoms with Crippen molar-refractivity contribution in [3.63, 3.8) is 0 Å². The molecule has 2 nitrogen and oxygen atoms in total. The molecule has 2 aromatic heterocycles. The fourth-order valence-electron chi connectivity index (χ4n) is 6.24. The van der Waals surface area contributed by atoms with Crippen molar-refractivity contribution in [3.05, 3.63) is 121 Å². The standard InChI is InChI=1S/C36H20O2S3/c37-41(38)35-15-11-23(21-9-13-33-27(17-21)25-5-1-3-7-31(25)39-33)19-29(35)30-20-24(12-16-36(30)41)22-10-14-34-28(18-22)26-6-2-4-8-32(26)40-34/h1-20H. The van der Waals surface area contributed by atoms with E-state index in [0.717, 1.165) is 33.4 Å².